The van der Waals surface area contributed by atoms with Gasteiger partial charge in [-0.15, -0.1) is 11.6 Å². The lowest BCUT2D eigenvalue weighted by Crippen LogP contribution is -2.11. The quantitative estimate of drug-likeness (QED) is 0.630. The van der Waals surface area contributed by atoms with Crippen LogP contribution in [0.2, 0.25) is 0 Å². The van der Waals surface area contributed by atoms with E-state index in [9.17, 15) is 8.78 Å². The molecule has 0 aliphatic heterocycles. The fourth-order valence-electron chi connectivity index (χ4n) is 2.13. The Labute approximate surface area is 130 Å². The zero-order valence-electron chi connectivity index (χ0n) is 10.8. The first-order valence-corrected chi connectivity index (χ1v) is 7.65. The van der Waals surface area contributed by atoms with E-state index in [1.807, 2.05) is 6.07 Å². The predicted octanol–water partition coefficient (Wildman–Crippen LogP) is 5.37. The van der Waals surface area contributed by atoms with Crippen LogP contribution in [0.4, 0.5) is 8.78 Å². The van der Waals surface area contributed by atoms with Crippen molar-refractivity contribution in [2.24, 2.45) is 5.92 Å². The van der Waals surface area contributed by atoms with E-state index in [-0.39, 0.29) is 17.6 Å². The predicted molar refractivity (Wildman–Crippen MR) is 82.1 cm³/mol. The van der Waals surface area contributed by atoms with Crippen molar-refractivity contribution in [1.82, 2.24) is 0 Å². The molecule has 20 heavy (non-hydrogen) atoms. The molecule has 0 saturated carbocycles. The van der Waals surface area contributed by atoms with Crippen LogP contribution < -0.4 is 0 Å². The summed E-state index contributed by atoms with van der Waals surface area (Å²) < 4.78 is 27.4. The molecule has 0 N–H and O–H groups in total. The van der Waals surface area contributed by atoms with E-state index in [1.54, 1.807) is 18.2 Å². The molecule has 0 aliphatic rings. The van der Waals surface area contributed by atoms with Crippen LogP contribution in [0.25, 0.3) is 0 Å². The van der Waals surface area contributed by atoms with Crippen LogP contribution >= 0.6 is 27.5 Å². The Hall–Kier alpha value is -0.930. The summed E-state index contributed by atoms with van der Waals surface area (Å²) in [6, 6.07) is 11.4. The summed E-state index contributed by atoms with van der Waals surface area (Å²) in [5.41, 5.74) is 1.66. The molecule has 2 rings (SSSR count). The zero-order valence-corrected chi connectivity index (χ0v) is 13.1. The molecule has 2 aromatic carbocycles. The second-order valence-electron chi connectivity index (χ2n) is 4.79. The first-order valence-electron chi connectivity index (χ1n) is 6.33. The Morgan fingerprint density at radius 3 is 2.30 bits per heavy atom. The van der Waals surface area contributed by atoms with Crippen molar-refractivity contribution in [3.05, 3.63) is 69.7 Å². The fourth-order valence-corrected chi connectivity index (χ4v) is 2.68. The Balaban J connectivity index is 2.07. The largest absolute Gasteiger partial charge is 0.207 e. The Morgan fingerprint density at radius 2 is 1.70 bits per heavy atom. The van der Waals surface area contributed by atoms with Crippen molar-refractivity contribution in [2.45, 2.75) is 12.8 Å². The maximum absolute atomic E-state index is 13.8. The lowest BCUT2D eigenvalue weighted by Gasteiger charge is -2.15. The smallest absolute Gasteiger partial charge is 0.127 e. The first-order chi connectivity index (χ1) is 9.58. The summed E-state index contributed by atoms with van der Waals surface area (Å²) in [5, 5.41) is 0. The SMILES string of the molecule is Fc1ccc(CC(CCl)Cc2ccc(Br)cc2F)cc1. The average Bonchev–Trinajstić information content (AvgIpc) is 2.43. The highest BCUT2D eigenvalue weighted by Gasteiger charge is 2.13. The summed E-state index contributed by atoms with van der Waals surface area (Å²) in [5.74, 6) is 0.0777. The Kier molecular flexibility index (Phi) is 5.55. The molecule has 0 nitrogen and oxygen atoms in total. The van der Waals surface area contributed by atoms with Crippen LogP contribution in [0.15, 0.2) is 46.9 Å². The fraction of sp³-hybridized carbons (Fsp3) is 0.250. The minimum Gasteiger partial charge on any atom is -0.207 e. The highest BCUT2D eigenvalue weighted by atomic mass is 79.9. The molecule has 0 fully saturated rings. The van der Waals surface area contributed by atoms with Gasteiger partial charge in [0, 0.05) is 10.4 Å². The van der Waals surface area contributed by atoms with Crippen molar-refractivity contribution in [1.29, 1.82) is 0 Å². The maximum Gasteiger partial charge on any atom is 0.127 e. The molecule has 2 aromatic rings. The third kappa shape index (κ3) is 4.29. The second-order valence-corrected chi connectivity index (χ2v) is 6.02. The molecule has 0 amide bonds. The molecular formula is C16H14BrClF2. The number of hydrogen-bond donors (Lipinski definition) is 0. The van der Waals surface area contributed by atoms with Crippen LogP contribution in [0, 0.1) is 17.6 Å². The molecule has 106 valence electrons. The molecular weight excluding hydrogens is 346 g/mol. The van der Waals surface area contributed by atoms with Crippen molar-refractivity contribution in [3.8, 4) is 0 Å². The van der Waals surface area contributed by atoms with Crippen molar-refractivity contribution < 1.29 is 8.78 Å². The van der Waals surface area contributed by atoms with E-state index in [4.69, 9.17) is 11.6 Å². The van der Waals surface area contributed by atoms with Crippen LogP contribution in [0.5, 0.6) is 0 Å². The number of alkyl halides is 1. The van der Waals surface area contributed by atoms with E-state index in [1.165, 1.54) is 18.2 Å². The van der Waals surface area contributed by atoms with Crippen molar-refractivity contribution in [2.75, 3.05) is 5.88 Å². The van der Waals surface area contributed by atoms with E-state index in [0.29, 0.717) is 24.3 Å². The van der Waals surface area contributed by atoms with Gasteiger partial charge in [-0.3, -0.25) is 0 Å². The molecule has 0 bridgehead atoms. The third-order valence-corrected chi connectivity index (χ3v) is 4.11. The van der Waals surface area contributed by atoms with Gasteiger partial charge in [0.15, 0.2) is 0 Å². The number of rotatable bonds is 5. The van der Waals surface area contributed by atoms with Gasteiger partial charge in [0.25, 0.3) is 0 Å². The molecule has 0 spiro atoms. The van der Waals surface area contributed by atoms with Crippen LogP contribution in [0.3, 0.4) is 0 Å². The van der Waals surface area contributed by atoms with Gasteiger partial charge in [0.2, 0.25) is 0 Å². The number of benzene rings is 2. The highest BCUT2D eigenvalue weighted by molar-refractivity contribution is 9.10. The van der Waals surface area contributed by atoms with Gasteiger partial charge < -0.3 is 0 Å². The standard InChI is InChI=1S/C16H14BrClF2/c17-14-4-3-13(16(20)9-14)8-12(10-18)7-11-1-5-15(19)6-2-11/h1-6,9,12H,7-8,10H2. The van der Waals surface area contributed by atoms with Gasteiger partial charge in [0.1, 0.15) is 11.6 Å². The zero-order chi connectivity index (χ0) is 14.5. The summed E-state index contributed by atoms with van der Waals surface area (Å²) >= 11 is 9.21. The summed E-state index contributed by atoms with van der Waals surface area (Å²) in [6.07, 6.45) is 1.28. The highest BCUT2D eigenvalue weighted by Crippen LogP contribution is 2.21. The molecule has 0 radical (unpaired) electrons. The van der Waals surface area contributed by atoms with Crippen LogP contribution in [-0.4, -0.2) is 5.88 Å². The van der Waals surface area contributed by atoms with E-state index in [2.05, 4.69) is 15.9 Å². The molecule has 0 aliphatic carbocycles. The topological polar surface area (TPSA) is 0 Å². The lowest BCUT2D eigenvalue weighted by atomic mass is 9.94. The summed E-state index contributed by atoms with van der Waals surface area (Å²) in [4.78, 5) is 0. The van der Waals surface area contributed by atoms with Gasteiger partial charge in [-0.25, -0.2) is 8.78 Å². The lowest BCUT2D eigenvalue weighted by molar-refractivity contribution is 0.545. The average molecular weight is 360 g/mol. The normalized spacial score (nSPS) is 12.4. The van der Waals surface area contributed by atoms with E-state index in [0.717, 1.165) is 10.0 Å². The van der Waals surface area contributed by atoms with Gasteiger partial charge >= 0.3 is 0 Å². The van der Waals surface area contributed by atoms with Gasteiger partial charge in [-0.05, 0) is 54.2 Å². The Bertz CT molecular complexity index is 569. The number of halogens is 4. The van der Waals surface area contributed by atoms with Crippen molar-refractivity contribution >= 4 is 27.5 Å². The minimum atomic E-state index is -0.255. The minimum absolute atomic E-state index is 0.123. The number of hydrogen-bond acceptors (Lipinski definition) is 0. The van der Waals surface area contributed by atoms with Gasteiger partial charge in [-0.2, -0.15) is 0 Å². The molecule has 1 atom stereocenters. The second kappa shape index (κ2) is 7.19. The molecule has 0 aromatic heterocycles. The summed E-state index contributed by atoms with van der Waals surface area (Å²) in [7, 11) is 0. The maximum atomic E-state index is 13.8. The third-order valence-electron chi connectivity index (χ3n) is 3.18. The molecule has 0 heterocycles. The van der Waals surface area contributed by atoms with Gasteiger partial charge in [0.05, 0.1) is 0 Å². The molecule has 4 heteroatoms. The van der Waals surface area contributed by atoms with E-state index >= 15 is 0 Å². The monoisotopic (exact) mass is 358 g/mol. The van der Waals surface area contributed by atoms with Crippen molar-refractivity contribution in [3.63, 3.8) is 0 Å². The molecule has 1 unspecified atom stereocenters. The van der Waals surface area contributed by atoms with Gasteiger partial charge in [-0.1, -0.05) is 34.1 Å². The Morgan fingerprint density at radius 1 is 1.00 bits per heavy atom. The van der Waals surface area contributed by atoms with E-state index < -0.39 is 0 Å². The van der Waals surface area contributed by atoms with Crippen LogP contribution in [-0.2, 0) is 12.8 Å². The van der Waals surface area contributed by atoms with Crippen LogP contribution in [0.1, 0.15) is 11.1 Å². The first kappa shape index (κ1) is 15.5. The summed E-state index contributed by atoms with van der Waals surface area (Å²) in [6.45, 7) is 0. The molecule has 0 saturated heterocycles.